The first-order valence-electron chi connectivity index (χ1n) is 9.41. The third kappa shape index (κ3) is 3.62. The van der Waals surface area contributed by atoms with Gasteiger partial charge in [0.2, 0.25) is 0 Å². The standard InChI is InChI=1S/C22H16ClFN6O/c1-12-7-16(28-22-21-15(25-10-26-22)4-6-20(23)29-21)14(24)9-19(12)31-13-3-5-18-17(8-13)27-11-30(18)2/h3-11H,1-2H3,(H,25,26,28). The minimum Gasteiger partial charge on any atom is -0.457 e. The molecule has 5 aromatic rings. The van der Waals surface area contributed by atoms with Crippen LogP contribution in [0, 0.1) is 12.7 Å². The third-order valence-corrected chi connectivity index (χ3v) is 5.10. The third-order valence-electron chi connectivity index (χ3n) is 4.89. The number of imidazole rings is 1. The zero-order valence-electron chi connectivity index (χ0n) is 16.6. The maximum absolute atomic E-state index is 14.9. The van der Waals surface area contributed by atoms with E-state index in [0.717, 1.165) is 16.6 Å². The number of nitrogens with one attached hydrogen (secondary N) is 1. The number of aromatic nitrogens is 5. The van der Waals surface area contributed by atoms with Gasteiger partial charge in [0.1, 0.15) is 34.3 Å². The second-order valence-corrected chi connectivity index (χ2v) is 7.44. The summed E-state index contributed by atoms with van der Waals surface area (Å²) in [4.78, 5) is 16.9. The number of benzene rings is 2. The maximum Gasteiger partial charge on any atom is 0.160 e. The van der Waals surface area contributed by atoms with Crippen LogP contribution in [0.4, 0.5) is 15.9 Å². The van der Waals surface area contributed by atoms with E-state index in [1.54, 1.807) is 24.5 Å². The molecular weight excluding hydrogens is 419 g/mol. The first-order chi connectivity index (χ1) is 15.0. The highest BCUT2D eigenvalue weighted by Crippen LogP contribution is 2.33. The fraction of sp³-hybridized carbons (Fsp3) is 0.0909. The molecule has 9 heteroatoms. The van der Waals surface area contributed by atoms with E-state index in [-0.39, 0.29) is 5.69 Å². The molecule has 0 spiro atoms. The van der Waals surface area contributed by atoms with E-state index in [0.29, 0.717) is 33.5 Å². The summed E-state index contributed by atoms with van der Waals surface area (Å²) in [6, 6.07) is 11.9. The lowest BCUT2D eigenvalue weighted by Gasteiger charge is -2.13. The SMILES string of the molecule is Cc1cc(Nc2ncnc3ccc(Cl)nc23)c(F)cc1Oc1ccc2c(c1)ncn2C. The second kappa shape index (κ2) is 7.48. The van der Waals surface area contributed by atoms with Gasteiger partial charge in [-0.25, -0.2) is 24.3 Å². The van der Waals surface area contributed by atoms with E-state index in [9.17, 15) is 4.39 Å². The summed E-state index contributed by atoms with van der Waals surface area (Å²) in [5.74, 6) is 0.857. The molecule has 0 aliphatic rings. The molecule has 1 N–H and O–H groups in total. The normalized spacial score (nSPS) is 11.2. The maximum atomic E-state index is 14.9. The van der Waals surface area contributed by atoms with Gasteiger partial charge in [0.05, 0.1) is 28.6 Å². The van der Waals surface area contributed by atoms with Crippen LogP contribution >= 0.6 is 11.6 Å². The molecule has 0 bridgehead atoms. The largest absolute Gasteiger partial charge is 0.457 e. The summed E-state index contributed by atoms with van der Waals surface area (Å²) in [6.07, 6.45) is 3.12. The molecule has 3 aromatic heterocycles. The average Bonchev–Trinajstić information content (AvgIpc) is 3.12. The Morgan fingerprint density at radius 2 is 1.90 bits per heavy atom. The number of rotatable bonds is 4. The summed E-state index contributed by atoms with van der Waals surface area (Å²) < 4.78 is 22.8. The van der Waals surface area contributed by atoms with Crippen molar-refractivity contribution in [3.05, 3.63) is 71.7 Å². The van der Waals surface area contributed by atoms with Crippen molar-refractivity contribution in [1.82, 2.24) is 24.5 Å². The number of hydrogen-bond acceptors (Lipinski definition) is 6. The van der Waals surface area contributed by atoms with Crippen molar-refractivity contribution in [2.24, 2.45) is 7.05 Å². The minimum absolute atomic E-state index is 0.242. The number of fused-ring (bicyclic) bond motifs is 2. The Morgan fingerprint density at radius 3 is 2.77 bits per heavy atom. The van der Waals surface area contributed by atoms with Crippen LogP contribution in [0.1, 0.15) is 5.56 Å². The Morgan fingerprint density at radius 1 is 1.03 bits per heavy atom. The Balaban J connectivity index is 1.46. The van der Waals surface area contributed by atoms with Crippen molar-refractivity contribution in [1.29, 1.82) is 0 Å². The first kappa shape index (κ1) is 19.2. The monoisotopic (exact) mass is 434 g/mol. The van der Waals surface area contributed by atoms with Gasteiger partial charge in [0, 0.05) is 19.2 Å². The Kier molecular flexibility index (Phi) is 4.63. The van der Waals surface area contributed by atoms with Gasteiger partial charge >= 0.3 is 0 Å². The van der Waals surface area contributed by atoms with Crippen LogP contribution in [0.5, 0.6) is 11.5 Å². The molecular formula is C22H16ClFN6O. The number of pyridine rings is 1. The van der Waals surface area contributed by atoms with Crippen LogP contribution in [-0.2, 0) is 7.05 Å². The first-order valence-corrected chi connectivity index (χ1v) is 9.79. The predicted molar refractivity (Wildman–Crippen MR) is 118 cm³/mol. The molecule has 0 saturated carbocycles. The highest BCUT2D eigenvalue weighted by molar-refractivity contribution is 6.29. The number of anilines is 2. The van der Waals surface area contributed by atoms with Crippen LogP contribution in [0.15, 0.2) is 55.1 Å². The topological polar surface area (TPSA) is 77.8 Å². The van der Waals surface area contributed by atoms with Crippen LogP contribution in [0.3, 0.4) is 0 Å². The van der Waals surface area contributed by atoms with E-state index >= 15 is 0 Å². The quantitative estimate of drug-likeness (QED) is 0.374. The summed E-state index contributed by atoms with van der Waals surface area (Å²) >= 11 is 5.99. The number of halogens is 2. The molecule has 5 rings (SSSR count). The summed E-state index contributed by atoms with van der Waals surface area (Å²) in [6.45, 7) is 1.84. The van der Waals surface area contributed by atoms with Crippen LogP contribution in [-0.4, -0.2) is 24.5 Å². The number of ether oxygens (including phenoxy) is 1. The van der Waals surface area contributed by atoms with Crippen molar-refractivity contribution >= 4 is 45.2 Å². The van der Waals surface area contributed by atoms with Gasteiger partial charge in [0.15, 0.2) is 5.82 Å². The van der Waals surface area contributed by atoms with Gasteiger partial charge in [-0.1, -0.05) is 11.6 Å². The van der Waals surface area contributed by atoms with Gasteiger partial charge in [-0.15, -0.1) is 0 Å². The molecule has 31 heavy (non-hydrogen) atoms. The number of aryl methyl sites for hydroxylation is 2. The van der Waals surface area contributed by atoms with Crippen LogP contribution in [0.2, 0.25) is 5.15 Å². The lowest BCUT2D eigenvalue weighted by atomic mass is 10.2. The fourth-order valence-corrected chi connectivity index (χ4v) is 3.46. The smallest absolute Gasteiger partial charge is 0.160 e. The van der Waals surface area contributed by atoms with Crippen LogP contribution in [0.25, 0.3) is 22.1 Å². The Bertz CT molecular complexity index is 1450. The molecule has 0 amide bonds. The second-order valence-electron chi connectivity index (χ2n) is 7.05. The molecule has 2 aromatic carbocycles. The van der Waals surface area contributed by atoms with Crippen molar-refractivity contribution in [2.75, 3.05) is 5.32 Å². The van der Waals surface area contributed by atoms with E-state index < -0.39 is 5.82 Å². The zero-order valence-corrected chi connectivity index (χ0v) is 17.4. The zero-order chi connectivity index (χ0) is 21.5. The van der Waals surface area contributed by atoms with Crippen molar-refractivity contribution in [3.63, 3.8) is 0 Å². The lowest BCUT2D eigenvalue weighted by molar-refractivity contribution is 0.474. The Hall–Kier alpha value is -3.78. The van der Waals surface area contributed by atoms with E-state index in [1.807, 2.05) is 36.7 Å². The highest BCUT2D eigenvalue weighted by atomic mass is 35.5. The van der Waals surface area contributed by atoms with Gasteiger partial charge < -0.3 is 14.6 Å². The molecule has 0 aliphatic carbocycles. The fourth-order valence-electron chi connectivity index (χ4n) is 3.31. The summed E-state index contributed by atoms with van der Waals surface area (Å²) in [5.41, 5.74) is 3.83. The van der Waals surface area contributed by atoms with E-state index in [2.05, 4.69) is 25.3 Å². The molecule has 0 fully saturated rings. The van der Waals surface area contributed by atoms with Gasteiger partial charge in [-0.05, 0) is 42.8 Å². The van der Waals surface area contributed by atoms with Crippen molar-refractivity contribution < 1.29 is 9.13 Å². The van der Waals surface area contributed by atoms with E-state index in [4.69, 9.17) is 16.3 Å². The molecule has 0 saturated heterocycles. The summed E-state index contributed by atoms with van der Waals surface area (Å²) in [7, 11) is 1.92. The molecule has 0 aliphatic heterocycles. The van der Waals surface area contributed by atoms with Gasteiger partial charge in [0.25, 0.3) is 0 Å². The molecule has 154 valence electrons. The minimum atomic E-state index is -0.492. The lowest BCUT2D eigenvalue weighted by Crippen LogP contribution is -2.01. The molecule has 0 radical (unpaired) electrons. The number of hydrogen-bond donors (Lipinski definition) is 1. The van der Waals surface area contributed by atoms with E-state index in [1.165, 1.54) is 12.4 Å². The molecule has 3 heterocycles. The highest BCUT2D eigenvalue weighted by Gasteiger charge is 2.13. The molecule has 0 atom stereocenters. The number of nitrogens with zero attached hydrogens (tertiary/aromatic N) is 5. The van der Waals surface area contributed by atoms with Crippen LogP contribution < -0.4 is 10.1 Å². The Labute approximate surface area is 181 Å². The summed E-state index contributed by atoms with van der Waals surface area (Å²) in [5, 5.41) is 3.29. The average molecular weight is 435 g/mol. The van der Waals surface area contributed by atoms with Gasteiger partial charge in [-0.3, -0.25) is 0 Å². The predicted octanol–water partition coefficient (Wildman–Crippen LogP) is 5.55. The molecule has 7 nitrogen and oxygen atoms in total. The molecule has 0 unspecified atom stereocenters. The van der Waals surface area contributed by atoms with Crippen molar-refractivity contribution in [3.8, 4) is 11.5 Å². The van der Waals surface area contributed by atoms with Gasteiger partial charge in [-0.2, -0.15) is 0 Å². The van der Waals surface area contributed by atoms with Crippen molar-refractivity contribution in [2.45, 2.75) is 6.92 Å².